The number of rotatable bonds is 2. The summed E-state index contributed by atoms with van der Waals surface area (Å²) in [5.74, 6) is 0.540. The Hall–Kier alpha value is -2.25. The van der Waals surface area contributed by atoms with Gasteiger partial charge in [0.25, 0.3) is 0 Å². The summed E-state index contributed by atoms with van der Waals surface area (Å²) >= 11 is 0. The lowest BCUT2D eigenvalue weighted by Crippen LogP contribution is -2.19. The maximum Gasteiger partial charge on any atom is 0.416 e. The minimum atomic E-state index is -4.40. The zero-order valence-electron chi connectivity index (χ0n) is 11.1. The van der Waals surface area contributed by atoms with Crippen LogP contribution >= 0.6 is 0 Å². The SMILES string of the molecule is Nc1nc(N2CCCC2)nn1-c1cccc(C(F)(F)F)c1. The van der Waals surface area contributed by atoms with E-state index in [4.69, 9.17) is 5.73 Å². The van der Waals surface area contributed by atoms with Crippen molar-refractivity contribution in [3.05, 3.63) is 29.8 Å². The molecular formula is C13H14F3N5. The Labute approximate surface area is 119 Å². The molecular weight excluding hydrogens is 283 g/mol. The number of nitrogens with two attached hydrogens (primary N) is 1. The average Bonchev–Trinajstić information content (AvgIpc) is 3.07. The summed E-state index contributed by atoms with van der Waals surface area (Å²) in [4.78, 5) is 6.11. The molecule has 1 aromatic heterocycles. The Morgan fingerprint density at radius 1 is 1.14 bits per heavy atom. The zero-order chi connectivity index (χ0) is 15.0. The smallest absolute Gasteiger partial charge is 0.368 e. The second-order valence-corrected chi connectivity index (χ2v) is 4.92. The van der Waals surface area contributed by atoms with E-state index in [0.717, 1.165) is 38.1 Å². The first-order chi connectivity index (χ1) is 9.95. The molecule has 1 aliphatic heterocycles. The molecule has 112 valence electrons. The maximum atomic E-state index is 12.8. The Bertz CT molecular complexity index is 643. The predicted molar refractivity (Wildman–Crippen MR) is 72.2 cm³/mol. The summed E-state index contributed by atoms with van der Waals surface area (Å²) in [6.07, 6.45) is -2.29. The van der Waals surface area contributed by atoms with Crippen LogP contribution in [0.25, 0.3) is 5.69 Å². The number of anilines is 2. The van der Waals surface area contributed by atoms with Crippen LogP contribution in [-0.4, -0.2) is 27.9 Å². The molecule has 3 rings (SSSR count). The van der Waals surface area contributed by atoms with Crippen molar-refractivity contribution in [1.29, 1.82) is 0 Å². The average molecular weight is 297 g/mol. The molecule has 2 aromatic rings. The Kier molecular flexibility index (Phi) is 3.23. The summed E-state index contributed by atoms with van der Waals surface area (Å²) < 4.78 is 39.5. The summed E-state index contributed by atoms with van der Waals surface area (Å²) in [7, 11) is 0. The van der Waals surface area contributed by atoms with Crippen LogP contribution in [0.15, 0.2) is 24.3 Å². The topological polar surface area (TPSA) is 60.0 Å². The molecule has 0 aliphatic carbocycles. The quantitative estimate of drug-likeness (QED) is 0.925. The molecule has 1 aromatic carbocycles. The van der Waals surface area contributed by atoms with Gasteiger partial charge in [0.1, 0.15) is 0 Å². The largest absolute Gasteiger partial charge is 0.416 e. The van der Waals surface area contributed by atoms with Gasteiger partial charge in [-0.15, -0.1) is 5.10 Å². The van der Waals surface area contributed by atoms with Crippen molar-refractivity contribution in [2.45, 2.75) is 19.0 Å². The minimum Gasteiger partial charge on any atom is -0.368 e. The first kappa shape index (κ1) is 13.7. The van der Waals surface area contributed by atoms with Crippen molar-refractivity contribution >= 4 is 11.9 Å². The number of hydrogen-bond donors (Lipinski definition) is 1. The molecule has 8 heteroatoms. The van der Waals surface area contributed by atoms with Crippen molar-refractivity contribution in [2.75, 3.05) is 23.7 Å². The van der Waals surface area contributed by atoms with Gasteiger partial charge in [0.2, 0.25) is 11.9 Å². The molecule has 1 aliphatic rings. The van der Waals surface area contributed by atoms with Crippen LogP contribution in [0.5, 0.6) is 0 Å². The van der Waals surface area contributed by atoms with Gasteiger partial charge in [-0.3, -0.25) is 0 Å². The molecule has 0 radical (unpaired) electrons. The van der Waals surface area contributed by atoms with E-state index < -0.39 is 11.7 Å². The number of aromatic nitrogens is 3. The maximum absolute atomic E-state index is 12.8. The Morgan fingerprint density at radius 3 is 2.52 bits per heavy atom. The van der Waals surface area contributed by atoms with E-state index in [9.17, 15) is 13.2 Å². The summed E-state index contributed by atoms with van der Waals surface area (Å²) in [5, 5.41) is 4.22. The van der Waals surface area contributed by atoms with Crippen LogP contribution in [0.1, 0.15) is 18.4 Å². The molecule has 21 heavy (non-hydrogen) atoms. The molecule has 1 fully saturated rings. The highest BCUT2D eigenvalue weighted by Crippen LogP contribution is 2.30. The van der Waals surface area contributed by atoms with Crippen LogP contribution in [0.4, 0.5) is 25.1 Å². The molecule has 0 saturated carbocycles. The Morgan fingerprint density at radius 2 is 1.86 bits per heavy atom. The molecule has 2 heterocycles. The van der Waals surface area contributed by atoms with E-state index in [1.165, 1.54) is 16.8 Å². The van der Waals surface area contributed by atoms with E-state index in [-0.39, 0.29) is 11.6 Å². The molecule has 5 nitrogen and oxygen atoms in total. The highest BCUT2D eigenvalue weighted by molar-refractivity contribution is 5.45. The summed E-state index contributed by atoms with van der Waals surface area (Å²) in [6.45, 7) is 1.68. The van der Waals surface area contributed by atoms with Crippen LogP contribution in [0.3, 0.4) is 0 Å². The minimum absolute atomic E-state index is 0.0798. The number of nitrogen functional groups attached to an aromatic ring is 1. The lowest BCUT2D eigenvalue weighted by Gasteiger charge is -2.11. The van der Waals surface area contributed by atoms with Crippen LogP contribution in [0, 0.1) is 0 Å². The van der Waals surface area contributed by atoms with Gasteiger partial charge in [-0.25, -0.2) is 0 Å². The zero-order valence-corrected chi connectivity index (χ0v) is 11.1. The molecule has 0 bridgehead atoms. The van der Waals surface area contributed by atoms with Gasteiger partial charge in [0.05, 0.1) is 11.3 Å². The monoisotopic (exact) mass is 297 g/mol. The van der Waals surface area contributed by atoms with Crippen LogP contribution in [0.2, 0.25) is 0 Å². The number of benzene rings is 1. The highest BCUT2D eigenvalue weighted by atomic mass is 19.4. The van der Waals surface area contributed by atoms with Gasteiger partial charge in [-0.1, -0.05) is 6.07 Å². The van der Waals surface area contributed by atoms with Gasteiger partial charge in [-0.2, -0.15) is 22.8 Å². The van der Waals surface area contributed by atoms with Crippen molar-refractivity contribution in [2.24, 2.45) is 0 Å². The third kappa shape index (κ3) is 2.65. The van der Waals surface area contributed by atoms with E-state index in [1.807, 2.05) is 4.90 Å². The molecule has 0 spiro atoms. The van der Waals surface area contributed by atoms with Gasteiger partial charge in [0.15, 0.2) is 0 Å². The van der Waals surface area contributed by atoms with Crippen LogP contribution in [-0.2, 0) is 6.18 Å². The van der Waals surface area contributed by atoms with Crippen molar-refractivity contribution in [3.8, 4) is 5.69 Å². The lowest BCUT2D eigenvalue weighted by molar-refractivity contribution is -0.137. The third-order valence-corrected chi connectivity index (χ3v) is 3.43. The molecule has 0 atom stereocenters. The summed E-state index contributed by atoms with van der Waals surface area (Å²) in [6, 6.07) is 4.87. The standard InChI is InChI=1S/C13H14F3N5/c14-13(15,16)9-4-3-5-10(8-9)21-11(17)18-12(19-21)20-6-1-2-7-20/h3-5,8H,1-2,6-7H2,(H2,17,18,19). The predicted octanol–water partition coefficient (Wildman–Crippen LogP) is 2.47. The first-order valence-electron chi connectivity index (χ1n) is 6.60. The second kappa shape index (κ2) is 4.94. The molecule has 0 unspecified atom stereocenters. The van der Waals surface area contributed by atoms with Crippen molar-refractivity contribution in [1.82, 2.24) is 14.8 Å². The fourth-order valence-electron chi connectivity index (χ4n) is 2.37. The molecule has 2 N–H and O–H groups in total. The van der Waals surface area contributed by atoms with Gasteiger partial charge in [0, 0.05) is 13.1 Å². The van der Waals surface area contributed by atoms with Gasteiger partial charge < -0.3 is 10.6 Å². The fraction of sp³-hybridized carbons (Fsp3) is 0.385. The fourth-order valence-corrected chi connectivity index (χ4v) is 2.37. The Balaban J connectivity index is 1.97. The molecule has 1 saturated heterocycles. The number of halogens is 3. The van der Waals surface area contributed by atoms with Gasteiger partial charge in [-0.05, 0) is 31.0 Å². The highest BCUT2D eigenvalue weighted by Gasteiger charge is 2.31. The first-order valence-corrected chi connectivity index (χ1v) is 6.60. The van der Waals surface area contributed by atoms with E-state index >= 15 is 0 Å². The van der Waals surface area contributed by atoms with Crippen LogP contribution < -0.4 is 10.6 Å². The number of nitrogens with zero attached hydrogens (tertiary/aromatic N) is 4. The van der Waals surface area contributed by atoms with E-state index in [0.29, 0.717) is 5.95 Å². The third-order valence-electron chi connectivity index (χ3n) is 3.43. The number of hydrogen-bond acceptors (Lipinski definition) is 4. The van der Waals surface area contributed by atoms with E-state index in [2.05, 4.69) is 10.1 Å². The van der Waals surface area contributed by atoms with Gasteiger partial charge >= 0.3 is 6.18 Å². The van der Waals surface area contributed by atoms with Crippen molar-refractivity contribution in [3.63, 3.8) is 0 Å². The normalized spacial score (nSPS) is 15.7. The van der Waals surface area contributed by atoms with Crippen molar-refractivity contribution < 1.29 is 13.2 Å². The summed E-state index contributed by atoms with van der Waals surface area (Å²) in [5.41, 5.74) is 5.29. The number of alkyl halides is 3. The lowest BCUT2D eigenvalue weighted by atomic mass is 10.2. The second-order valence-electron chi connectivity index (χ2n) is 4.92. The molecule has 0 amide bonds. The van der Waals surface area contributed by atoms with E-state index in [1.54, 1.807) is 0 Å².